The average molecular weight is 393 g/mol. The molecule has 0 fully saturated rings. The van der Waals surface area contributed by atoms with Crippen LogP contribution in [0.2, 0.25) is 0 Å². The summed E-state index contributed by atoms with van der Waals surface area (Å²) < 4.78 is 2.59. The number of hydrogen-bond donors (Lipinski definition) is 1. The maximum Gasteiger partial charge on any atom is 0.336 e. The Hall–Kier alpha value is -3.15. The van der Waals surface area contributed by atoms with Crippen LogP contribution in [-0.4, -0.2) is 21.6 Å². The highest BCUT2D eigenvalue weighted by atomic mass is 16.2. The van der Waals surface area contributed by atoms with Gasteiger partial charge in [0.1, 0.15) is 6.04 Å². The third-order valence-electron chi connectivity index (χ3n) is 5.26. The highest BCUT2D eigenvalue weighted by Crippen LogP contribution is 2.18. The largest absolute Gasteiger partial charge is 0.354 e. The quantitative estimate of drug-likeness (QED) is 0.724. The van der Waals surface area contributed by atoms with Gasteiger partial charge in [-0.3, -0.25) is 14.2 Å². The second-order valence-corrected chi connectivity index (χ2v) is 7.84. The summed E-state index contributed by atoms with van der Waals surface area (Å²) in [4.78, 5) is 39.5. The van der Waals surface area contributed by atoms with Gasteiger partial charge in [0, 0.05) is 6.54 Å². The van der Waals surface area contributed by atoms with Crippen LogP contribution < -0.4 is 16.6 Å². The van der Waals surface area contributed by atoms with Crippen molar-refractivity contribution in [2.45, 2.75) is 40.7 Å². The number of aromatic nitrogens is 2. The average Bonchev–Trinajstić information content (AvgIpc) is 2.69. The van der Waals surface area contributed by atoms with E-state index in [0.29, 0.717) is 29.1 Å². The molecule has 1 heterocycles. The SMILES string of the molecule is Cc1cccc(-n2c(=O)c3ccccc3n([C@@H](C)C(=O)NCC(C)C)c2=O)c1C. The van der Waals surface area contributed by atoms with Gasteiger partial charge in [0.2, 0.25) is 5.91 Å². The molecule has 29 heavy (non-hydrogen) atoms. The molecule has 1 N–H and O–H groups in total. The fourth-order valence-electron chi connectivity index (χ4n) is 3.42. The molecule has 6 heteroatoms. The Morgan fingerprint density at radius 3 is 2.38 bits per heavy atom. The smallest absolute Gasteiger partial charge is 0.336 e. The number of fused-ring (bicyclic) bond motifs is 1. The minimum absolute atomic E-state index is 0.253. The van der Waals surface area contributed by atoms with E-state index in [-0.39, 0.29) is 11.5 Å². The van der Waals surface area contributed by atoms with E-state index in [0.717, 1.165) is 11.1 Å². The third-order valence-corrected chi connectivity index (χ3v) is 5.26. The number of para-hydroxylation sites is 1. The molecule has 0 bridgehead atoms. The maximum atomic E-state index is 13.5. The van der Waals surface area contributed by atoms with Gasteiger partial charge < -0.3 is 5.32 Å². The van der Waals surface area contributed by atoms with E-state index in [1.54, 1.807) is 37.3 Å². The Balaban J connectivity index is 2.31. The Kier molecular flexibility index (Phi) is 5.73. The van der Waals surface area contributed by atoms with Crippen LogP contribution in [0.1, 0.15) is 37.9 Å². The summed E-state index contributed by atoms with van der Waals surface area (Å²) in [5.74, 6) is 0.0422. The van der Waals surface area contributed by atoms with Crippen LogP contribution in [0.5, 0.6) is 0 Å². The van der Waals surface area contributed by atoms with E-state index in [1.807, 2.05) is 39.8 Å². The van der Waals surface area contributed by atoms with Crippen molar-refractivity contribution >= 4 is 16.8 Å². The number of nitrogens with zero attached hydrogens (tertiary/aromatic N) is 2. The normalized spacial score (nSPS) is 12.3. The monoisotopic (exact) mass is 393 g/mol. The molecular weight excluding hydrogens is 366 g/mol. The molecule has 3 aromatic rings. The first-order chi connectivity index (χ1) is 13.7. The summed E-state index contributed by atoms with van der Waals surface area (Å²) in [5, 5.41) is 3.28. The zero-order chi connectivity index (χ0) is 21.3. The van der Waals surface area contributed by atoms with Crippen molar-refractivity contribution in [3.63, 3.8) is 0 Å². The third kappa shape index (κ3) is 3.75. The lowest BCUT2D eigenvalue weighted by atomic mass is 10.1. The number of benzene rings is 2. The van der Waals surface area contributed by atoms with Gasteiger partial charge in [-0.15, -0.1) is 0 Å². The molecule has 3 rings (SSSR count). The van der Waals surface area contributed by atoms with Gasteiger partial charge in [0.05, 0.1) is 16.6 Å². The highest BCUT2D eigenvalue weighted by molar-refractivity contribution is 5.84. The number of nitrogens with one attached hydrogen (secondary N) is 1. The summed E-state index contributed by atoms with van der Waals surface area (Å²) in [6.45, 7) is 10.0. The van der Waals surface area contributed by atoms with Crippen LogP contribution in [0.4, 0.5) is 0 Å². The Bertz CT molecular complexity index is 1190. The number of rotatable bonds is 5. The first kappa shape index (κ1) is 20.6. The maximum absolute atomic E-state index is 13.5. The Labute approximate surface area is 169 Å². The van der Waals surface area contributed by atoms with Crippen molar-refractivity contribution in [1.82, 2.24) is 14.5 Å². The molecule has 1 aromatic heterocycles. The molecule has 6 nitrogen and oxygen atoms in total. The van der Waals surface area contributed by atoms with Gasteiger partial charge >= 0.3 is 5.69 Å². The standard InChI is InChI=1S/C23H27N3O3/c1-14(2)13-24-21(27)17(5)25-20-11-7-6-10-18(20)22(28)26(23(25)29)19-12-8-9-15(3)16(19)4/h6-12,14,17H,13H2,1-5H3,(H,24,27)/t17-/m0/s1. The van der Waals surface area contributed by atoms with Crippen molar-refractivity contribution in [3.05, 3.63) is 74.4 Å². The predicted octanol–water partition coefficient (Wildman–Crippen LogP) is 3.10. The van der Waals surface area contributed by atoms with Gasteiger partial charge in [-0.1, -0.05) is 38.1 Å². The van der Waals surface area contributed by atoms with Gasteiger partial charge in [-0.2, -0.15) is 0 Å². The van der Waals surface area contributed by atoms with Crippen molar-refractivity contribution in [1.29, 1.82) is 0 Å². The number of aryl methyl sites for hydroxylation is 1. The number of amides is 1. The second kappa shape index (κ2) is 8.07. The lowest BCUT2D eigenvalue weighted by Gasteiger charge is -2.21. The molecule has 0 saturated heterocycles. The number of carbonyl (C=O) groups excluding carboxylic acids is 1. The van der Waals surface area contributed by atoms with E-state index in [2.05, 4.69) is 5.32 Å². The van der Waals surface area contributed by atoms with Crippen molar-refractivity contribution in [3.8, 4) is 5.69 Å². The summed E-state index contributed by atoms with van der Waals surface area (Å²) in [6.07, 6.45) is 0. The summed E-state index contributed by atoms with van der Waals surface area (Å²) >= 11 is 0. The molecule has 0 aliphatic carbocycles. The number of carbonyl (C=O) groups is 1. The van der Waals surface area contributed by atoms with Gasteiger partial charge in [0.25, 0.3) is 5.56 Å². The summed E-state index contributed by atoms with van der Waals surface area (Å²) in [6, 6.07) is 11.7. The van der Waals surface area contributed by atoms with E-state index in [4.69, 9.17) is 0 Å². The molecular formula is C23H27N3O3. The fourth-order valence-corrected chi connectivity index (χ4v) is 3.42. The van der Waals surface area contributed by atoms with Crippen molar-refractivity contribution in [2.24, 2.45) is 5.92 Å². The number of hydrogen-bond acceptors (Lipinski definition) is 3. The Morgan fingerprint density at radius 1 is 1.00 bits per heavy atom. The fraction of sp³-hybridized carbons (Fsp3) is 0.348. The molecule has 2 aromatic carbocycles. The minimum Gasteiger partial charge on any atom is -0.354 e. The lowest BCUT2D eigenvalue weighted by Crippen LogP contribution is -2.44. The first-order valence-electron chi connectivity index (χ1n) is 9.84. The van der Waals surface area contributed by atoms with Crippen LogP contribution in [0.25, 0.3) is 16.6 Å². The predicted molar refractivity (Wildman–Crippen MR) is 116 cm³/mol. The van der Waals surface area contributed by atoms with E-state index in [9.17, 15) is 14.4 Å². The topological polar surface area (TPSA) is 73.1 Å². The Morgan fingerprint density at radius 2 is 1.69 bits per heavy atom. The molecule has 0 spiro atoms. The molecule has 0 unspecified atom stereocenters. The molecule has 0 aliphatic rings. The first-order valence-corrected chi connectivity index (χ1v) is 9.84. The molecule has 0 radical (unpaired) electrons. The molecule has 152 valence electrons. The molecule has 1 atom stereocenters. The minimum atomic E-state index is -0.761. The highest BCUT2D eigenvalue weighted by Gasteiger charge is 2.23. The van der Waals surface area contributed by atoms with Gasteiger partial charge in [-0.25, -0.2) is 9.36 Å². The van der Waals surface area contributed by atoms with E-state index < -0.39 is 11.7 Å². The van der Waals surface area contributed by atoms with Crippen LogP contribution in [0.15, 0.2) is 52.1 Å². The molecule has 0 aliphatic heterocycles. The zero-order valence-electron chi connectivity index (χ0n) is 17.5. The van der Waals surface area contributed by atoms with Gasteiger partial charge in [0.15, 0.2) is 0 Å². The lowest BCUT2D eigenvalue weighted by molar-refractivity contribution is -0.124. The summed E-state index contributed by atoms with van der Waals surface area (Å²) in [5.41, 5.74) is 1.92. The summed E-state index contributed by atoms with van der Waals surface area (Å²) in [7, 11) is 0. The van der Waals surface area contributed by atoms with Crippen LogP contribution in [0, 0.1) is 19.8 Å². The van der Waals surface area contributed by atoms with Crippen LogP contribution in [0.3, 0.4) is 0 Å². The van der Waals surface area contributed by atoms with Gasteiger partial charge in [-0.05, 0) is 56.0 Å². The van der Waals surface area contributed by atoms with E-state index in [1.165, 1.54) is 9.13 Å². The van der Waals surface area contributed by atoms with Crippen molar-refractivity contribution in [2.75, 3.05) is 6.54 Å². The van der Waals surface area contributed by atoms with Crippen LogP contribution in [-0.2, 0) is 4.79 Å². The van der Waals surface area contributed by atoms with Crippen LogP contribution >= 0.6 is 0 Å². The van der Waals surface area contributed by atoms with E-state index >= 15 is 0 Å². The molecule has 0 saturated carbocycles. The zero-order valence-corrected chi connectivity index (χ0v) is 17.5. The molecule has 1 amide bonds. The second-order valence-electron chi connectivity index (χ2n) is 7.84. The van der Waals surface area contributed by atoms with Crippen molar-refractivity contribution < 1.29 is 4.79 Å².